The maximum absolute atomic E-state index is 5.22. The molecule has 4 heteroatoms. The lowest BCUT2D eigenvalue weighted by Crippen LogP contribution is -2.36. The van der Waals surface area contributed by atoms with Gasteiger partial charge in [0, 0.05) is 32.3 Å². The third-order valence-electron chi connectivity index (χ3n) is 3.44. The first-order chi connectivity index (χ1) is 9.58. The van der Waals surface area contributed by atoms with Crippen LogP contribution in [0, 0.1) is 0 Å². The number of pyridine rings is 1. The van der Waals surface area contributed by atoms with Gasteiger partial charge in [-0.05, 0) is 25.5 Å². The summed E-state index contributed by atoms with van der Waals surface area (Å²) in [5, 5.41) is 3.41. The topological polar surface area (TPSA) is 37.4 Å². The van der Waals surface area contributed by atoms with Crippen molar-refractivity contribution in [3.05, 3.63) is 23.9 Å². The van der Waals surface area contributed by atoms with Gasteiger partial charge >= 0.3 is 0 Å². The number of nitrogens with zero attached hydrogens (tertiary/aromatic N) is 2. The lowest BCUT2D eigenvalue weighted by molar-refractivity contribution is 0.203. The molecular weight excluding hydrogens is 250 g/mol. The third kappa shape index (κ3) is 5.47. The maximum atomic E-state index is 5.22. The second-order valence-corrected chi connectivity index (χ2v) is 5.47. The summed E-state index contributed by atoms with van der Waals surface area (Å²) in [5.41, 5.74) is 1.09. The molecule has 1 atom stereocenters. The Balaban J connectivity index is 2.81. The molecule has 0 aromatic carbocycles. The van der Waals surface area contributed by atoms with Gasteiger partial charge in [-0.1, -0.05) is 26.8 Å². The summed E-state index contributed by atoms with van der Waals surface area (Å²) < 4.78 is 5.22. The van der Waals surface area contributed by atoms with Crippen molar-refractivity contribution >= 4 is 5.82 Å². The van der Waals surface area contributed by atoms with E-state index in [-0.39, 0.29) is 0 Å². The van der Waals surface area contributed by atoms with Crippen LogP contribution in [0.2, 0.25) is 0 Å². The number of methoxy groups -OCH3 is 1. The molecule has 1 aromatic heterocycles. The average Bonchev–Trinajstić information content (AvgIpc) is 2.45. The van der Waals surface area contributed by atoms with Crippen molar-refractivity contribution in [3.8, 4) is 0 Å². The van der Waals surface area contributed by atoms with E-state index in [4.69, 9.17) is 9.72 Å². The molecule has 0 fully saturated rings. The van der Waals surface area contributed by atoms with Crippen molar-refractivity contribution in [1.82, 2.24) is 10.3 Å². The molecule has 4 nitrogen and oxygen atoms in total. The van der Waals surface area contributed by atoms with Crippen LogP contribution in [0.15, 0.2) is 18.2 Å². The molecule has 0 saturated carbocycles. The van der Waals surface area contributed by atoms with Crippen molar-refractivity contribution in [2.45, 2.75) is 52.7 Å². The zero-order valence-electron chi connectivity index (χ0n) is 13.5. The van der Waals surface area contributed by atoms with Crippen LogP contribution in [0.25, 0.3) is 0 Å². The molecular formula is C16H29N3O. The van der Waals surface area contributed by atoms with Crippen LogP contribution in [-0.4, -0.2) is 37.3 Å². The molecule has 1 rings (SSSR count). The number of nitrogens with one attached hydrogen (secondary N) is 1. The molecule has 0 amide bonds. The number of rotatable bonds is 9. The summed E-state index contributed by atoms with van der Waals surface area (Å²) in [5.74, 6) is 1.04. The summed E-state index contributed by atoms with van der Waals surface area (Å²) in [7, 11) is 1.74. The third-order valence-corrected chi connectivity index (χ3v) is 3.44. The van der Waals surface area contributed by atoms with Crippen LogP contribution in [0.3, 0.4) is 0 Å². The lowest BCUT2D eigenvalue weighted by atomic mass is 10.2. The minimum atomic E-state index is 0.464. The Morgan fingerprint density at radius 3 is 2.65 bits per heavy atom. The van der Waals surface area contributed by atoms with Crippen molar-refractivity contribution < 1.29 is 4.74 Å². The Morgan fingerprint density at radius 2 is 2.05 bits per heavy atom. The smallest absolute Gasteiger partial charge is 0.129 e. The van der Waals surface area contributed by atoms with Crippen LogP contribution >= 0.6 is 0 Å². The summed E-state index contributed by atoms with van der Waals surface area (Å²) in [6.07, 6.45) is 1.10. The minimum absolute atomic E-state index is 0.464. The van der Waals surface area contributed by atoms with E-state index < -0.39 is 0 Å². The monoisotopic (exact) mass is 279 g/mol. The molecule has 0 aliphatic rings. The molecule has 0 aliphatic carbocycles. The molecule has 1 unspecified atom stereocenters. The van der Waals surface area contributed by atoms with Gasteiger partial charge in [-0.25, -0.2) is 4.98 Å². The predicted octanol–water partition coefficient (Wildman–Crippen LogP) is 2.83. The normalized spacial score (nSPS) is 12.7. The zero-order chi connectivity index (χ0) is 15.0. The first-order valence-electron chi connectivity index (χ1n) is 7.53. The highest BCUT2D eigenvalue weighted by atomic mass is 16.5. The summed E-state index contributed by atoms with van der Waals surface area (Å²) in [6, 6.07) is 7.18. The highest BCUT2D eigenvalue weighted by molar-refractivity contribution is 5.40. The summed E-state index contributed by atoms with van der Waals surface area (Å²) >= 11 is 0. The summed E-state index contributed by atoms with van der Waals surface area (Å²) in [4.78, 5) is 7.10. The molecule has 0 spiro atoms. The van der Waals surface area contributed by atoms with Gasteiger partial charge in [-0.3, -0.25) is 0 Å². The Hall–Kier alpha value is -1.13. The van der Waals surface area contributed by atoms with E-state index in [9.17, 15) is 0 Å². The Labute approximate surface area is 123 Å². The van der Waals surface area contributed by atoms with Crippen molar-refractivity contribution in [2.75, 3.05) is 25.2 Å². The quantitative estimate of drug-likeness (QED) is 0.754. The van der Waals surface area contributed by atoms with Gasteiger partial charge in [0.2, 0.25) is 0 Å². The van der Waals surface area contributed by atoms with Crippen molar-refractivity contribution in [2.24, 2.45) is 0 Å². The second-order valence-electron chi connectivity index (χ2n) is 5.47. The highest BCUT2D eigenvalue weighted by Crippen LogP contribution is 2.16. The predicted molar refractivity (Wildman–Crippen MR) is 85.2 cm³/mol. The molecule has 0 radical (unpaired) electrons. The van der Waals surface area contributed by atoms with Crippen LogP contribution in [0.5, 0.6) is 0 Å². The van der Waals surface area contributed by atoms with Crippen LogP contribution in [0.1, 0.15) is 39.8 Å². The van der Waals surface area contributed by atoms with Gasteiger partial charge in [0.05, 0.1) is 12.3 Å². The van der Waals surface area contributed by atoms with Gasteiger partial charge < -0.3 is 15.0 Å². The molecule has 1 aromatic rings. The summed E-state index contributed by atoms with van der Waals surface area (Å²) in [6.45, 7) is 11.1. The van der Waals surface area contributed by atoms with E-state index in [2.05, 4.69) is 56.1 Å². The van der Waals surface area contributed by atoms with E-state index in [1.807, 2.05) is 0 Å². The van der Waals surface area contributed by atoms with E-state index >= 15 is 0 Å². The molecule has 0 bridgehead atoms. The largest absolute Gasteiger partial charge is 0.383 e. The molecule has 0 aliphatic heterocycles. The van der Waals surface area contributed by atoms with E-state index in [1.54, 1.807) is 7.11 Å². The lowest BCUT2D eigenvalue weighted by Gasteiger charge is -2.29. The van der Waals surface area contributed by atoms with E-state index in [0.29, 0.717) is 12.1 Å². The van der Waals surface area contributed by atoms with E-state index in [0.717, 1.165) is 37.6 Å². The Bertz CT molecular complexity index is 382. The van der Waals surface area contributed by atoms with Crippen LogP contribution in [-0.2, 0) is 11.3 Å². The van der Waals surface area contributed by atoms with Crippen LogP contribution < -0.4 is 10.2 Å². The number of hydrogen-bond acceptors (Lipinski definition) is 4. The van der Waals surface area contributed by atoms with Gasteiger partial charge in [-0.15, -0.1) is 0 Å². The Morgan fingerprint density at radius 1 is 1.30 bits per heavy atom. The minimum Gasteiger partial charge on any atom is -0.383 e. The van der Waals surface area contributed by atoms with E-state index in [1.165, 1.54) is 0 Å². The average molecular weight is 279 g/mol. The second kappa shape index (κ2) is 8.93. The van der Waals surface area contributed by atoms with Crippen LogP contribution in [0.4, 0.5) is 5.82 Å². The van der Waals surface area contributed by atoms with Crippen molar-refractivity contribution in [1.29, 1.82) is 0 Å². The number of ether oxygens (including phenoxy) is 1. The first kappa shape index (κ1) is 16.9. The fraction of sp³-hybridized carbons (Fsp3) is 0.688. The number of anilines is 1. The van der Waals surface area contributed by atoms with Gasteiger partial charge in [0.15, 0.2) is 0 Å². The number of hydrogen-bond donors (Lipinski definition) is 1. The fourth-order valence-electron chi connectivity index (χ4n) is 2.00. The van der Waals surface area contributed by atoms with Gasteiger partial charge in [0.25, 0.3) is 0 Å². The van der Waals surface area contributed by atoms with Gasteiger partial charge in [0.1, 0.15) is 5.82 Å². The molecule has 1 N–H and O–H groups in total. The molecule has 0 saturated heterocycles. The first-order valence-corrected chi connectivity index (χ1v) is 7.53. The standard InChI is InChI=1S/C16H29N3O/c1-6-14(4)19(10-11-20-5)16-9-7-8-15(18-16)12-17-13(2)3/h7-9,13-14,17H,6,10-12H2,1-5H3. The van der Waals surface area contributed by atoms with Crippen molar-refractivity contribution in [3.63, 3.8) is 0 Å². The number of aromatic nitrogens is 1. The molecule has 20 heavy (non-hydrogen) atoms. The fourth-order valence-corrected chi connectivity index (χ4v) is 2.00. The highest BCUT2D eigenvalue weighted by Gasteiger charge is 2.14. The SMILES string of the molecule is CCC(C)N(CCOC)c1cccc(CNC(C)C)n1. The van der Waals surface area contributed by atoms with Gasteiger partial charge in [-0.2, -0.15) is 0 Å². The maximum Gasteiger partial charge on any atom is 0.129 e. The Kier molecular flexibility index (Phi) is 7.55. The molecule has 114 valence electrons. The zero-order valence-corrected chi connectivity index (χ0v) is 13.5. The molecule has 1 heterocycles.